The van der Waals surface area contributed by atoms with Gasteiger partial charge < -0.3 is 19.7 Å². The van der Waals surface area contributed by atoms with E-state index < -0.39 is 28.5 Å². The van der Waals surface area contributed by atoms with Crippen LogP contribution in [0.25, 0.3) is 0 Å². The molecule has 0 aliphatic heterocycles. The zero-order chi connectivity index (χ0) is 29.3. The number of benzene rings is 3. The number of rotatable bonds is 13. The highest BCUT2D eigenvalue weighted by molar-refractivity contribution is 9.10. The summed E-state index contributed by atoms with van der Waals surface area (Å²) in [5.41, 5.74) is 0.997. The molecule has 0 bridgehead atoms. The van der Waals surface area contributed by atoms with Gasteiger partial charge >= 0.3 is 0 Å². The minimum absolute atomic E-state index is 0.0192. The number of nitrogens with zero attached hydrogens (tertiary/aromatic N) is 2. The molecule has 1 N–H and O–H groups in total. The molecular formula is C29H34BrN3O6S. The molecule has 3 rings (SSSR count). The second-order valence-electron chi connectivity index (χ2n) is 8.98. The number of hydrogen-bond donors (Lipinski definition) is 1. The lowest BCUT2D eigenvalue weighted by Crippen LogP contribution is -2.51. The Labute approximate surface area is 244 Å². The number of halogens is 1. The minimum atomic E-state index is -4.18. The smallest absolute Gasteiger partial charge is 0.264 e. The van der Waals surface area contributed by atoms with E-state index in [0.717, 1.165) is 20.8 Å². The summed E-state index contributed by atoms with van der Waals surface area (Å²) in [7, 11) is -1.26. The molecule has 0 heterocycles. The van der Waals surface area contributed by atoms with Crippen LogP contribution in [-0.4, -0.2) is 58.5 Å². The lowest BCUT2D eigenvalue weighted by Gasteiger charge is -2.32. The molecule has 11 heteroatoms. The topological polar surface area (TPSA) is 105 Å². The maximum Gasteiger partial charge on any atom is 0.264 e. The van der Waals surface area contributed by atoms with Gasteiger partial charge in [0.1, 0.15) is 12.6 Å². The first-order valence-corrected chi connectivity index (χ1v) is 15.0. The molecule has 3 aromatic carbocycles. The Morgan fingerprint density at radius 3 is 2.20 bits per heavy atom. The molecule has 40 heavy (non-hydrogen) atoms. The van der Waals surface area contributed by atoms with Gasteiger partial charge in [-0.25, -0.2) is 8.42 Å². The first-order valence-electron chi connectivity index (χ1n) is 12.7. The summed E-state index contributed by atoms with van der Waals surface area (Å²) in [4.78, 5) is 28.3. The van der Waals surface area contributed by atoms with Gasteiger partial charge in [-0.2, -0.15) is 0 Å². The van der Waals surface area contributed by atoms with Gasteiger partial charge in [0.25, 0.3) is 10.0 Å². The maximum absolute atomic E-state index is 13.9. The predicted molar refractivity (Wildman–Crippen MR) is 158 cm³/mol. The van der Waals surface area contributed by atoms with Crippen LogP contribution in [0.2, 0.25) is 0 Å². The van der Waals surface area contributed by atoms with Crippen LogP contribution < -0.4 is 19.1 Å². The van der Waals surface area contributed by atoms with Crippen molar-refractivity contribution in [1.82, 2.24) is 10.2 Å². The Morgan fingerprint density at radius 1 is 0.950 bits per heavy atom. The van der Waals surface area contributed by atoms with Gasteiger partial charge in [0.2, 0.25) is 11.8 Å². The minimum Gasteiger partial charge on any atom is -0.493 e. The van der Waals surface area contributed by atoms with E-state index in [1.807, 2.05) is 31.2 Å². The third kappa shape index (κ3) is 7.54. The quantitative estimate of drug-likeness (QED) is 0.295. The number of hydrogen-bond acceptors (Lipinski definition) is 6. The van der Waals surface area contributed by atoms with Crippen LogP contribution in [0, 0.1) is 0 Å². The van der Waals surface area contributed by atoms with Gasteiger partial charge in [-0.1, -0.05) is 53.2 Å². The number of carbonyl (C=O) groups excluding carboxylic acids is 2. The fourth-order valence-electron chi connectivity index (χ4n) is 3.99. The Balaban J connectivity index is 2.06. The normalized spacial score (nSPS) is 11.8. The molecule has 0 unspecified atom stereocenters. The molecular weight excluding hydrogens is 598 g/mol. The van der Waals surface area contributed by atoms with Crippen LogP contribution in [0.3, 0.4) is 0 Å². The summed E-state index contributed by atoms with van der Waals surface area (Å²) < 4.78 is 40.4. The third-order valence-corrected chi connectivity index (χ3v) is 8.56. The Hall–Kier alpha value is -3.57. The van der Waals surface area contributed by atoms with Gasteiger partial charge in [0.15, 0.2) is 11.5 Å². The molecule has 0 aromatic heterocycles. The van der Waals surface area contributed by atoms with Crippen molar-refractivity contribution < 1.29 is 27.5 Å². The largest absolute Gasteiger partial charge is 0.493 e. The molecule has 0 fully saturated rings. The van der Waals surface area contributed by atoms with Crippen molar-refractivity contribution in [2.75, 3.05) is 31.6 Å². The molecule has 1 atom stereocenters. The highest BCUT2D eigenvalue weighted by atomic mass is 79.9. The van der Waals surface area contributed by atoms with Crippen molar-refractivity contribution in [2.45, 2.75) is 37.8 Å². The number of nitrogens with one attached hydrogen (secondary N) is 1. The van der Waals surface area contributed by atoms with Crippen LogP contribution in [0.15, 0.2) is 82.2 Å². The molecule has 3 aromatic rings. The van der Waals surface area contributed by atoms with Gasteiger partial charge in [-0.15, -0.1) is 0 Å². The lowest BCUT2D eigenvalue weighted by atomic mass is 10.1. The molecule has 0 saturated carbocycles. The molecule has 0 aliphatic rings. The average Bonchev–Trinajstić information content (AvgIpc) is 2.97. The zero-order valence-corrected chi connectivity index (χ0v) is 25.4. The van der Waals surface area contributed by atoms with E-state index in [-0.39, 0.29) is 23.0 Å². The summed E-state index contributed by atoms with van der Waals surface area (Å²) >= 11 is 3.41. The summed E-state index contributed by atoms with van der Waals surface area (Å²) in [6.07, 6.45) is 0.738. The van der Waals surface area contributed by atoms with E-state index >= 15 is 0 Å². The monoisotopic (exact) mass is 631 g/mol. The molecule has 9 nitrogen and oxygen atoms in total. The summed E-state index contributed by atoms with van der Waals surface area (Å²) in [5.74, 6) is -0.153. The average molecular weight is 633 g/mol. The van der Waals surface area contributed by atoms with Crippen LogP contribution in [0.4, 0.5) is 5.69 Å². The van der Waals surface area contributed by atoms with E-state index in [0.29, 0.717) is 18.0 Å². The third-order valence-electron chi connectivity index (χ3n) is 6.25. The molecule has 0 radical (unpaired) electrons. The molecule has 0 aliphatic carbocycles. The Bertz CT molecular complexity index is 1400. The van der Waals surface area contributed by atoms with Gasteiger partial charge in [0.05, 0.1) is 24.8 Å². The number of methoxy groups -OCH3 is 2. The van der Waals surface area contributed by atoms with Gasteiger partial charge in [-0.3, -0.25) is 13.9 Å². The molecule has 0 spiro atoms. The van der Waals surface area contributed by atoms with Crippen LogP contribution in [-0.2, 0) is 26.2 Å². The summed E-state index contributed by atoms with van der Waals surface area (Å²) in [5, 5.41) is 2.83. The summed E-state index contributed by atoms with van der Waals surface area (Å²) in [6.45, 7) is 3.59. The second-order valence-corrected chi connectivity index (χ2v) is 11.8. The van der Waals surface area contributed by atoms with E-state index in [9.17, 15) is 18.0 Å². The van der Waals surface area contributed by atoms with Crippen molar-refractivity contribution in [3.05, 3.63) is 82.8 Å². The van der Waals surface area contributed by atoms with Crippen LogP contribution in [0.1, 0.15) is 25.8 Å². The SMILES string of the molecule is CCCNC(=O)[C@@H](C)N(Cc1ccc(Br)cc1)C(=O)CN(c1ccc(OC)c(OC)c1)S(=O)(=O)c1ccccc1. The van der Waals surface area contributed by atoms with Crippen molar-refractivity contribution >= 4 is 43.5 Å². The predicted octanol–water partition coefficient (Wildman–Crippen LogP) is 4.61. The Morgan fingerprint density at radius 2 is 1.60 bits per heavy atom. The zero-order valence-electron chi connectivity index (χ0n) is 23.0. The van der Waals surface area contributed by atoms with E-state index in [4.69, 9.17) is 9.47 Å². The van der Waals surface area contributed by atoms with Gasteiger partial charge in [0, 0.05) is 23.6 Å². The molecule has 214 valence electrons. The second kappa shape index (κ2) is 14.2. The van der Waals surface area contributed by atoms with E-state index in [2.05, 4.69) is 21.2 Å². The number of sulfonamides is 1. The highest BCUT2D eigenvalue weighted by Crippen LogP contribution is 2.34. The standard InChI is InChI=1S/C29H34BrN3O6S/c1-5-17-31-29(35)21(2)32(19-22-11-13-23(30)14-12-22)28(34)20-33(40(36,37)25-9-7-6-8-10-25)24-15-16-26(38-3)27(18-24)39-4/h6-16,18,21H,5,17,19-20H2,1-4H3,(H,31,35)/t21-/m1/s1. The maximum atomic E-state index is 13.9. The van der Waals surface area contributed by atoms with Crippen molar-refractivity contribution in [3.63, 3.8) is 0 Å². The van der Waals surface area contributed by atoms with Crippen molar-refractivity contribution in [3.8, 4) is 11.5 Å². The first kappa shape index (κ1) is 31.0. The summed E-state index contributed by atoms with van der Waals surface area (Å²) in [6, 6.07) is 19.0. The number of carbonyl (C=O) groups is 2. The molecule has 2 amide bonds. The highest BCUT2D eigenvalue weighted by Gasteiger charge is 2.32. The van der Waals surface area contributed by atoms with Crippen LogP contribution >= 0.6 is 15.9 Å². The van der Waals surface area contributed by atoms with E-state index in [1.165, 1.54) is 37.3 Å². The van der Waals surface area contributed by atoms with Crippen LogP contribution in [0.5, 0.6) is 11.5 Å². The van der Waals surface area contributed by atoms with Crippen molar-refractivity contribution in [2.24, 2.45) is 0 Å². The Kier molecular flexibility index (Phi) is 11.0. The van der Waals surface area contributed by atoms with E-state index in [1.54, 1.807) is 37.3 Å². The lowest BCUT2D eigenvalue weighted by molar-refractivity contribution is -0.139. The number of ether oxygens (including phenoxy) is 2. The fourth-order valence-corrected chi connectivity index (χ4v) is 5.68. The van der Waals surface area contributed by atoms with Crippen molar-refractivity contribution in [1.29, 1.82) is 0 Å². The molecule has 0 saturated heterocycles. The number of amides is 2. The first-order chi connectivity index (χ1) is 19.1. The van der Waals surface area contributed by atoms with Gasteiger partial charge in [-0.05, 0) is 55.3 Å². The number of anilines is 1. The fraction of sp³-hybridized carbons (Fsp3) is 0.310.